The zero-order chi connectivity index (χ0) is 24.7. The maximum Gasteiger partial charge on any atom is 0.318 e. The lowest BCUT2D eigenvalue weighted by Gasteiger charge is -2.37. The molecule has 1 unspecified atom stereocenters. The maximum atomic E-state index is 9.22. The average Bonchev–Trinajstić information content (AvgIpc) is 3.64. The second kappa shape index (κ2) is 9.42. The summed E-state index contributed by atoms with van der Waals surface area (Å²) >= 11 is 6.65. The first-order valence-corrected chi connectivity index (χ1v) is 13.1. The van der Waals surface area contributed by atoms with Crippen molar-refractivity contribution in [2.45, 2.75) is 38.3 Å². The van der Waals surface area contributed by atoms with Crippen molar-refractivity contribution in [3.8, 4) is 12.1 Å². The summed E-state index contributed by atoms with van der Waals surface area (Å²) in [5, 5.41) is 15.6. The fraction of sp³-hybridized carbons (Fsp3) is 0.429. The van der Waals surface area contributed by atoms with Crippen molar-refractivity contribution in [1.29, 1.82) is 5.26 Å². The average molecular weight is 502 g/mol. The highest BCUT2D eigenvalue weighted by molar-refractivity contribution is 6.36. The lowest BCUT2D eigenvalue weighted by Crippen LogP contribution is -2.51. The third-order valence-corrected chi connectivity index (χ3v) is 7.87. The molecule has 1 aliphatic carbocycles. The van der Waals surface area contributed by atoms with Crippen LogP contribution in [0.15, 0.2) is 36.4 Å². The van der Waals surface area contributed by atoms with Gasteiger partial charge in [-0.1, -0.05) is 35.9 Å². The summed E-state index contributed by atoms with van der Waals surface area (Å²) in [7, 11) is 0. The highest BCUT2D eigenvalue weighted by Gasteiger charge is 2.39. The first-order chi connectivity index (χ1) is 17.5. The first-order valence-electron chi connectivity index (χ1n) is 12.7. The number of hydrogen-bond donors (Lipinski definition) is 1. The van der Waals surface area contributed by atoms with Gasteiger partial charge in [-0.3, -0.25) is 0 Å². The normalized spacial score (nSPS) is 20.6. The van der Waals surface area contributed by atoms with Crippen LogP contribution in [0.25, 0.3) is 10.8 Å². The van der Waals surface area contributed by atoms with Crippen molar-refractivity contribution >= 4 is 33.9 Å². The van der Waals surface area contributed by atoms with Crippen LogP contribution in [0.5, 0.6) is 6.01 Å². The van der Waals surface area contributed by atoms with Crippen LogP contribution in [0, 0.1) is 23.7 Å². The van der Waals surface area contributed by atoms with Gasteiger partial charge in [0.05, 0.1) is 36.4 Å². The van der Waals surface area contributed by atoms with Gasteiger partial charge in [-0.2, -0.15) is 15.2 Å². The molecule has 2 aromatic carbocycles. The van der Waals surface area contributed by atoms with Crippen LogP contribution in [0.1, 0.15) is 30.5 Å². The zero-order valence-corrected chi connectivity index (χ0v) is 21.1. The number of fused-ring (bicyclic) bond motifs is 2. The standard InChI is InChI=1S/C28H30ClN6O/c1-28(10-11-28)18-36-27-32-23-17-34(24-7-3-5-19-4-2-6-22(29)25(19)24)14-9-21(23)26(33-27)35-15-13-31-20(16-35)8-12-30/h2-7,20,31H,1,8-11,13-18H2. The number of nitrogens with zero attached hydrogens (tertiary/aromatic N) is 5. The molecule has 1 N–H and O–H groups in total. The second-order valence-electron chi connectivity index (χ2n) is 10.3. The molecule has 3 heterocycles. The predicted molar refractivity (Wildman–Crippen MR) is 142 cm³/mol. The molecule has 1 saturated heterocycles. The number of halogens is 1. The van der Waals surface area contributed by atoms with Crippen LogP contribution in [0.4, 0.5) is 11.5 Å². The van der Waals surface area contributed by atoms with Gasteiger partial charge >= 0.3 is 6.01 Å². The minimum Gasteiger partial charge on any atom is -0.463 e. The Labute approximate surface area is 217 Å². The summed E-state index contributed by atoms with van der Waals surface area (Å²) in [5.41, 5.74) is 3.29. The smallest absolute Gasteiger partial charge is 0.318 e. The third kappa shape index (κ3) is 4.56. The zero-order valence-electron chi connectivity index (χ0n) is 20.3. The minimum absolute atomic E-state index is 0.00189. The number of rotatable bonds is 6. The Hall–Kier alpha value is -3.08. The Morgan fingerprint density at radius 2 is 2.00 bits per heavy atom. The van der Waals surface area contributed by atoms with Crippen LogP contribution in [-0.4, -0.2) is 48.8 Å². The van der Waals surface area contributed by atoms with E-state index in [1.807, 2.05) is 12.1 Å². The van der Waals surface area contributed by atoms with E-state index < -0.39 is 0 Å². The van der Waals surface area contributed by atoms with E-state index in [1.54, 1.807) is 0 Å². The van der Waals surface area contributed by atoms with E-state index in [9.17, 15) is 5.26 Å². The van der Waals surface area contributed by atoms with E-state index in [1.165, 1.54) is 5.56 Å². The van der Waals surface area contributed by atoms with Crippen LogP contribution < -0.4 is 19.9 Å². The topological polar surface area (TPSA) is 77.3 Å². The van der Waals surface area contributed by atoms with Gasteiger partial charge in [-0.25, -0.2) is 0 Å². The van der Waals surface area contributed by atoms with Gasteiger partial charge in [0.15, 0.2) is 0 Å². The molecule has 3 aromatic rings. The summed E-state index contributed by atoms with van der Waals surface area (Å²) in [6.45, 7) is 8.72. The van der Waals surface area contributed by atoms with Gasteiger partial charge in [0.1, 0.15) is 5.82 Å². The largest absolute Gasteiger partial charge is 0.463 e. The molecule has 0 spiro atoms. The highest BCUT2D eigenvalue weighted by atomic mass is 35.5. The molecular formula is C28H30ClN6O. The molecular weight excluding hydrogens is 472 g/mol. The van der Waals surface area contributed by atoms with Crippen LogP contribution in [-0.2, 0) is 13.0 Å². The van der Waals surface area contributed by atoms with Gasteiger partial charge in [-0.15, -0.1) is 0 Å². The Morgan fingerprint density at radius 1 is 1.17 bits per heavy atom. The molecule has 0 bridgehead atoms. The Kier molecular flexibility index (Phi) is 6.10. The van der Waals surface area contributed by atoms with Gasteiger partial charge in [0, 0.05) is 54.3 Å². The highest BCUT2D eigenvalue weighted by Crippen LogP contribution is 2.44. The van der Waals surface area contributed by atoms with Crippen LogP contribution in [0.3, 0.4) is 0 Å². The van der Waals surface area contributed by atoms with E-state index >= 15 is 0 Å². The summed E-state index contributed by atoms with van der Waals surface area (Å²) < 4.78 is 6.12. The molecule has 7 nitrogen and oxygen atoms in total. The summed E-state index contributed by atoms with van der Waals surface area (Å²) in [4.78, 5) is 14.5. The Balaban J connectivity index is 1.35. The number of nitrogens with one attached hydrogen (secondary N) is 1. The lowest BCUT2D eigenvalue weighted by atomic mass is 10.0. The van der Waals surface area contributed by atoms with Crippen molar-refractivity contribution in [2.75, 3.05) is 42.6 Å². The molecule has 1 aromatic heterocycles. The predicted octanol–water partition coefficient (Wildman–Crippen LogP) is 4.53. The fourth-order valence-electron chi connectivity index (χ4n) is 5.26. The number of piperazine rings is 1. The Morgan fingerprint density at radius 3 is 2.81 bits per heavy atom. The number of aromatic nitrogens is 2. The summed E-state index contributed by atoms with van der Waals surface area (Å²) in [6, 6.07) is 15.2. The number of hydrogen-bond acceptors (Lipinski definition) is 7. The first kappa shape index (κ1) is 23.3. The van der Waals surface area contributed by atoms with Crippen molar-refractivity contribution in [3.63, 3.8) is 0 Å². The van der Waals surface area contributed by atoms with E-state index in [4.69, 9.17) is 26.3 Å². The number of anilines is 2. The van der Waals surface area contributed by atoms with Gasteiger partial charge in [-0.05, 0) is 43.7 Å². The fourth-order valence-corrected chi connectivity index (χ4v) is 5.54. The van der Waals surface area contributed by atoms with Crippen LogP contribution >= 0.6 is 11.6 Å². The Bertz CT molecular complexity index is 1330. The molecule has 1 atom stereocenters. The van der Waals surface area contributed by atoms with E-state index in [-0.39, 0.29) is 11.5 Å². The number of ether oxygens (including phenoxy) is 1. The van der Waals surface area contributed by atoms with E-state index in [0.717, 1.165) is 78.4 Å². The quantitative estimate of drug-likeness (QED) is 0.531. The molecule has 6 rings (SSSR count). The lowest BCUT2D eigenvalue weighted by molar-refractivity contribution is 0.242. The molecule has 3 aliphatic rings. The van der Waals surface area contributed by atoms with Crippen molar-refractivity contribution in [3.05, 3.63) is 59.6 Å². The maximum absolute atomic E-state index is 9.22. The molecule has 1 radical (unpaired) electrons. The number of nitriles is 1. The van der Waals surface area contributed by atoms with Gasteiger partial charge < -0.3 is 19.9 Å². The molecule has 185 valence electrons. The van der Waals surface area contributed by atoms with Crippen molar-refractivity contribution in [1.82, 2.24) is 15.3 Å². The van der Waals surface area contributed by atoms with E-state index in [0.29, 0.717) is 25.6 Å². The number of benzene rings is 2. The third-order valence-electron chi connectivity index (χ3n) is 7.55. The van der Waals surface area contributed by atoms with Crippen LogP contribution in [0.2, 0.25) is 5.02 Å². The molecule has 2 aliphatic heterocycles. The van der Waals surface area contributed by atoms with E-state index in [2.05, 4.69) is 52.4 Å². The monoisotopic (exact) mass is 501 g/mol. The summed E-state index contributed by atoms with van der Waals surface area (Å²) in [6.07, 6.45) is 3.47. The second-order valence-corrected chi connectivity index (χ2v) is 10.7. The van der Waals surface area contributed by atoms with Gasteiger partial charge in [0.25, 0.3) is 0 Å². The minimum atomic E-state index is -0.00189. The molecule has 0 amide bonds. The van der Waals surface area contributed by atoms with Crippen molar-refractivity contribution < 1.29 is 4.74 Å². The molecule has 36 heavy (non-hydrogen) atoms. The summed E-state index contributed by atoms with van der Waals surface area (Å²) in [5.74, 6) is 0.948. The van der Waals surface area contributed by atoms with Crippen molar-refractivity contribution in [2.24, 2.45) is 5.41 Å². The molecule has 2 fully saturated rings. The molecule has 8 heteroatoms. The molecule has 1 saturated carbocycles. The van der Waals surface area contributed by atoms with Gasteiger partial charge in [0.2, 0.25) is 0 Å². The SMILES string of the molecule is [CH2]C1(COc2nc3c(c(N4CCNC(CC#N)C4)n2)CCN(c2cccc4cccc(Cl)c24)C3)CC1.